The summed E-state index contributed by atoms with van der Waals surface area (Å²) < 4.78 is 6.45. The summed E-state index contributed by atoms with van der Waals surface area (Å²) in [6, 6.07) is 10.2. The predicted octanol–water partition coefficient (Wildman–Crippen LogP) is 4.95. The van der Waals surface area contributed by atoms with Crippen molar-refractivity contribution in [3.63, 3.8) is 0 Å². The molecule has 23 heavy (non-hydrogen) atoms. The second-order valence-electron chi connectivity index (χ2n) is 5.13. The van der Waals surface area contributed by atoms with Gasteiger partial charge in [-0.2, -0.15) is 0 Å². The minimum absolute atomic E-state index is 0.0225. The Balaban J connectivity index is 2.23. The molecule has 118 valence electrons. The van der Waals surface area contributed by atoms with E-state index in [0.717, 1.165) is 0 Å². The van der Waals surface area contributed by atoms with Crippen molar-refractivity contribution in [1.82, 2.24) is 0 Å². The van der Waals surface area contributed by atoms with Gasteiger partial charge in [0.05, 0.1) is 14.5 Å². The van der Waals surface area contributed by atoms with Gasteiger partial charge in [-0.15, -0.1) is 0 Å². The van der Waals surface area contributed by atoms with E-state index in [0.29, 0.717) is 31.0 Å². The number of aliphatic hydroxyl groups excluding tert-OH is 1. The van der Waals surface area contributed by atoms with Gasteiger partial charge in [-0.3, -0.25) is 4.79 Å². The number of hydrogen-bond acceptors (Lipinski definition) is 4. The topological polar surface area (TPSA) is 70.7 Å². The molecule has 0 amide bonds. The molecule has 0 bridgehead atoms. The highest BCUT2D eigenvalue weighted by molar-refractivity contribution is 9.11. The average Bonchev–Trinajstić information content (AvgIpc) is 2.91. The predicted molar refractivity (Wildman–Crippen MR) is 93.8 cm³/mol. The van der Waals surface area contributed by atoms with Crippen LogP contribution < -0.4 is 0 Å². The Morgan fingerprint density at radius 3 is 2.39 bits per heavy atom. The van der Waals surface area contributed by atoms with Crippen LogP contribution in [0.5, 0.6) is 5.75 Å². The summed E-state index contributed by atoms with van der Waals surface area (Å²) in [6.07, 6.45) is -0.912. The van der Waals surface area contributed by atoms with Crippen molar-refractivity contribution in [3.8, 4) is 5.75 Å². The fraction of sp³-hybridized carbons (Fsp3) is 0.118. The molecule has 1 aromatic heterocycles. The Morgan fingerprint density at radius 2 is 1.78 bits per heavy atom. The first-order chi connectivity index (χ1) is 10.9. The summed E-state index contributed by atoms with van der Waals surface area (Å²) >= 11 is 6.44. The molecule has 0 aliphatic rings. The summed E-state index contributed by atoms with van der Waals surface area (Å²) in [5, 5.41) is 20.4. The van der Waals surface area contributed by atoms with Gasteiger partial charge in [0.15, 0.2) is 5.78 Å². The molecule has 3 rings (SSSR count). The molecule has 1 unspecified atom stereocenters. The number of carbonyl (C=O) groups excluding carboxylic acids is 1. The van der Waals surface area contributed by atoms with Crippen molar-refractivity contribution in [1.29, 1.82) is 0 Å². The average molecular weight is 440 g/mol. The Bertz CT molecular complexity index is 889. The number of ketones is 1. The lowest BCUT2D eigenvalue weighted by molar-refractivity contribution is 0.102. The minimum atomic E-state index is -0.912. The largest absolute Gasteiger partial charge is 0.506 e. The summed E-state index contributed by atoms with van der Waals surface area (Å²) in [6.45, 7) is 1.55. The fourth-order valence-corrected chi connectivity index (χ4v) is 3.62. The summed E-state index contributed by atoms with van der Waals surface area (Å²) in [5.41, 5.74) is 1.25. The highest BCUT2D eigenvalue weighted by Gasteiger charge is 2.25. The molecule has 2 aromatic carbocycles. The van der Waals surface area contributed by atoms with E-state index < -0.39 is 6.10 Å². The van der Waals surface area contributed by atoms with Gasteiger partial charge < -0.3 is 14.6 Å². The maximum atomic E-state index is 13.0. The molecular weight excluding hydrogens is 428 g/mol. The zero-order chi connectivity index (χ0) is 16.7. The lowest BCUT2D eigenvalue weighted by Gasteiger charge is -2.07. The molecule has 0 saturated heterocycles. The van der Waals surface area contributed by atoms with Crippen LogP contribution in [0.1, 0.15) is 34.7 Å². The molecule has 0 radical (unpaired) electrons. The number of halogens is 2. The number of furan rings is 1. The van der Waals surface area contributed by atoms with Crippen molar-refractivity contribution in [3.05, 3.63) is 62.2 Å². The molecule has 1 heterocycles. The number of phenols is 1. The quantitative estimate of drug-likeness (QED) is 0.566. The molecular formula is C17H12Br2O4. The number of aliphatic hydroxyl groups is 1. The molecule has 3 aromatic rings. The van der Waals surface area contributed by atoms with E-state index >= 15 is 0 Å². The van der Waals surface area contributed by atoms with Crippen LogP contribution in [0.4, 0.5) is 0 Å². The van der Waals surface area contributed by atoms with Crippen LogP contribution in [-0.2, 0) is 0 Å². The first kappa shape index (κ1) is 16.2. The van der Waals surface area contributed by atoms with E-state index in [9.17, 15) is 15.0 Å². The smallest absolute Gasteiger partial charge is 0.197 e. The summed E-state index contributed by atoms with van der Waals surface area (Å²) in [7, 11) is 0. The maximum absolute atomic E-state index is 13.0. The third-order valence-electron chi connectivity index (χ3n) is 3.51. The molecule has 0 saturated carbocycles. The van der Waals surface area contributed by atoms with Crippen molar-refractivity contribution in [2.45, 2.75) is 13.0 Å². The van der Waals surface area contributed by atoms with Gasteiger partial charge in [0.25, 0.3) is 0 Å². The van der Waals surface area contributed by atoms with Crippen LogP contribution in [0.25, 0.3) is 11.0 Å². The zero-order valence-electron chi connectivity index (χ0n) is 12.0. The van der Waals surface area contributed by atoms with Crippen LogP contribution >= 0.6 is 31.9 Å². The van der Waals surface area contributed by atoms with Crippen molar-refractivity contribution >= 4 is 48.6 Å². The Labute approximate surface area is 149 Å². The number of para-hydroxylation sites is 1. The minimum Gasteiger partial charge on any atom is -0.506 e. The van der Waals surface area contributed by atoms with E-state index in [4.69, 9.17) is 4.42 Å². The monoisotopic (exact) mass is 438 g/mol. The van der Waals surface area contributed by atoms with E-state index in [-0.39, 0.29) is 17.3 Å². The van der Waals surface area contributed by atoms with Gasteiger partial charge in [0.1, 0.15) is 23.2 Å². The Morgan fingerprint density at radius 1 is 1.17 bits per heavy atom. The number of carbonyl (C=O) groups is 1. The number of fused-ring (bicyclic) bond motifs is 1. The van der Waals surface area contributed by atoms with Gasteiger partial charge in [0, 0.05) is 10.9 Å². The molecule has 0 aliphatic heterocycles. The van der Waals surface area contributed by atoms with Crippen LogP contribution in [0.3, 0.4) is 0 Å². The number of rotatable bonds is 3. The maximum Gasteiger partial charge on any atom is 0.197 e. The van der Waals surface area contributed by atoms with Crippen LogP contribution in [-0.4, -0.2) is 16.0 Å². The van der Waals surface area contributed by atoms with E-state index in [2.05, 4.69) is 31.9 Å². The van der Waals surface area contributed by atoms with E-state index in [1.807, 2.05) is 6.07 Å². The van der Waals surface area contributed by atoms with Crippen LogP contribution in [0, 0.1) is 0 Å². The molecule has 0 spiro atoms. The van der Waals surface area contributed by atoms with Crippen molar-refractivity contribution < 1.29 is 19.4 Å². The Hall–Kier alpha value is -1.63. The first-order valence-corrected chi connectivity index (χ1v) is 8.41. The van der Waals surface area contributed by atoms with E-state index in [1.54, 1.807) is 25.1 Å². The number of phenolic OH excluding ortho intramolecular Hbond substituents is 1. The zero-order valence-corrected chi connectivity index (χ0v) is 15.2. The van der Waals surface area contributed by atoms with Crippen molar-refractivity contribution in [2.24, 2.45) is 0 Å². The lowest BCUT2D eigenvalue weighted by Crippen LogP contribution is -2.06. The third-order valence-corrected chi connectivity index (χ3v) is 4.72. The van der Waals surface area contributed by atoms with Gasteiger partial charge >= 0.3 is 0 Å². The highest BCUT2D eigenvalue weighted by atomic mass is 79.9. The molecule has 0 fully saturated rings. The van der Waals surface area contributed by atoms with Crippen LogP contribution in [0.15, 0.2) is 49.8 Å². The molecule has 2 N–H and O–H groups in total. The second-order valence-corrected chi connectivity index (χ2v) is 6.84. The standard InChI is InChI=1S/C17H12Br2O4/c1-8(20)17-14(10-4-2-3-5-13(10)23-17)15(21)9-6-11(18)16(22)12(19)7-9/h2-8,20,22H,1H3. The van der Waals surface area contributed by atoms with Gasteiger partial charge in [-0.1, -0.05) is 18.2 Å². The highest BCUT2D eigenvalue weighted by Crippen LogP contribution is 2.36. The van der Waals surface area contributed by atoms with E-state index in [1.165, 1.54) is 12.1 Å². The summed E-state index contributed by atoms with van der Waals surface area (Å²) in [4.78, 5) is 13.0. The van der Waals surface area contributed by atoms with Gasteiger partial charge in [0.2, 0.25) is 0 Å². The SMILES string of the molecule is CC(O)c1oc2ccccc2c1C(=O)c1cc(Br)c(O)c(Br)c1. The molecule has 0 aliphatic carbocycles. The van der Waals surface area contributed by atoms with Crippen LogP contribution in [0.2, 0.25) is 0 Å². The van der Waals surface area contributed by atoms with Crippen molar-refractivity contribution in [2.75, 3.05) is 0 Å². The first-order valence-electron chi connectivity index (χ1n) is 6.82. The van der Waals surface area contributed by atoms with Gasteiger partial charge in [-0.25, -0.2) is 0 Å². The number of benzene rings is 2. The Kier molecular flexibility index (Phi) is 4.31. The second kappa shape index (κ2) is 6.11. The fourth-order valence-electron chi connectivity index (χ4n) is 2.43. The lowest BCUT2D eigenvalue weighted by atomic mass is 9.98. The number of hydrogen-bond donors (Lipinski definition) is 2. The normalized spacial score (nSPS) is 12.5. The number of aromatic hydroxyl groups is 1. The molecule has 1 atom stereocenters. The third kappa shape index (κ3) is 2.82. The molecule has 4 nitrogen and oxygen atoms in total. The molecule has 6 heteroatoms. The van der Waals surface area contributed by atoms with Gasteiger partial charge in [-0.05, 0) is 57.0 Å². The summed E-state index contributed by atoms with van der Waals surface area (Å²) in [5.74, 6) is -0.0295.